The number of methoxy groups -OCH3 is 1. The van der Waals surface area contributed by atoms with Gasteiger partial charge in [-0.1, -0.05) is 18.2 Å². The first-order valence-corrected chi connectivity index (χ1v) is 12.8. The normalized spacial score (nSPS) is 17.1. The fourth-order valence-electron chi connectivity index (χ4n) is 4.34. The molecule has 2 aromatic heterocycles. The van der Waals surface area contributed by atoms with Crippen molar-refractivity contribution in [2.45, 2.75) is 19.4 Å². The first kappa shape index (κ1) is 22.1. The standard InChI is InChI=1S/C25H24N4O4S/c1-16-23-21(25(30)26-18-6-4-3-5-7-18)14-22(17-8-10-20(33-2)11-9-17)27-24(23)29(28-16)19-12-13-34(31,32)15-19/h3-11,14,19H,12-13,15H2,1-2H3,(H,26,30)/t19-/m0/s1. The van der Waals surface area contributed by atoms with Gasteiger partial charge < -0.3 is 10.1 Å². The van der Waals surface area contributed by atoms with Gasteiger partial charge in [0.1, 0.15) is 5.75 Å². The van der Waals surface area contributed by atoms with Crippen LogP contribution >= 0.6 is 0 Å². The predicted octanol–water partition coefficient (Wildman–Crippen LogP) is 4.03. The Hall–Kier alpha value is -3.72. The van der Waals surface area contributed by atoms with E-state index in [9.17, 15) is 13.2 Å². The monoisotopic (exact) mass is 476 g/mol. The minimum absolute atomic E-state index is 0.0171. The largest absolute Gasteiger partial charge is 0.497 e. The van der Waals surface area contributed by atoms with Crippen LogP contribution in [0.1, 0.15) is 28.5 Å². The number of para-hydroxylation sites is 1. The summed E-state index contributed by atoms with van der Waals surface area (Å²) in [6.45, 7) is 1.82. The number of benzene rings is 2. The molecule has 5 rings (SSSR count). The summed E-state index contributed by atoms with van der Waals surface area (Å²) in [5, 5.41) is 8.21. The van der Waals surface area contributed by atoms with Gasteiger partial charge in [0.05, 0.1) is 47.0 Å². The highest BCUT2D eigenvalue weighted by Crippen LogP contribution is 2.32. The molecular formula is C25H24N4O4S. The fraction of sp³-hybridized carbons (Fsp3) is 0.240. The second-order valence-electron chi connectivity index (χ2n) is 8.39. The van der Waals surface area contributed by atoms with E-state index in [1.54, 1.807) is 17.9 Å². The molecule has 1 amide bonds. The van der Waals surface area contributed by atoms with Crippen LogP contribution in [0.4, 0.5) is 5.69 Å². The lowest BCUT2D eigenvalue weighted by atomic mass is 10.0. The molecule has 9 heteroatoms. The van der Waals surface area contributed by atoms with Crippen molar-refractivity contribution >= 4 is 32.5 Å². The highest BCUT2D eigenvalue weighted by atomic mass is 32.2. The van der Waals surface area contributed by atoms with Crippen molar-refractivity contribution in [3.63, 3.8) is 0 Å². The van der Waals surface area contributed by atoms with Gasteiger partial charge in [-0.15, -0.1) is 0 Å². The number of nitrogens with zero attached hydrogens (tertiary/aromatic N) is 3. The number of anilines is 1. The minimum Gasteiger partial charge on any atom is -0.497 e. The summed E-state index contributed by atoms with van der Waals surface area (Å²) in [5.41, 5.74) is 3.65. The maximum Gasteiger partial charge on any atom is 0.256 e. The molecule has 1 aliphatic heterocycles. The number of nitrogens with one attached hydrogen (secondary N) is 1. The molecule has 1 fully saturated rings. The second-order valence-corrected chi connectivity index (χ2v) is 10.6. The number of aromatic nitrogens is 3. The van der Waals surface area contributed by atoms with E-state index in [0.717, 1.165) is 5.56 Å². The number of fused-ring (bicyclic) bond motifs is 1. The van der Waals surface area contributed by atoms with Crippen LogP contribution in [0.15, 0.2) is 60.7 Å². The van der Waals surface area contributed by atoms with Crippen LogP contribution in [0.3, 0.4) is 0 Å². The molecule has 0 aliphatic carbocycles. The molecule has 3 heterocycles. The van der Waals surface area contributed by atoms with E-state index < -0.39 is 9.84 Å². The van der Waals surface area contributed by atoms with Gasteiger partial charge in [-0.3, -0.25) is 4.79 Å². The Bertz CT molecular complexity index is 1480. The average Bonchev–Trinajstić information content (AvgIpc) is 3.37. The summed E-state index contributed by atoms with van der Waals surface area (Å²) in [6.07, 6.45) is 0.471. The molecule has 4 aromatic rings. The molecule has 1 aliphatic rings. The van der Waals surface area contributed by atoms with E-state index in [1.165, 1.54) is 0 Å². The molecule has 1 saturated heterocycles. The Kier molecular flexibility index (Phi) is 5.57. The Balaban J connectivity index is 1.67. The molecule has 0 radical (unpaired) electrons. The smallest absolute Gasteiger partial charge is 0.256 e. The van der Waals surface area contributed by atoms with Crippen molar-refractivity contribution in [3.8, 4) is 17.0 Å². The van der Waals surface area contributed by atoms with Gasteiger partial charge in [0, 0.05) is 11.3 Å². The Morgan fingerprint density at radius 3 is 2.50 bits per heavy atom. The van der Waals surface area contributed by atoms with Gasteiger partial charge in [-0.05, 0) is 55.8 Å². The molecule has 2 aromatic carbocycles. The van der Waals surface area contributed by atoms with E-state index in [0.29, 0.717) is 45.8 Å². The third kappa shape index (κ3) is 4.14. The van der Waals surface area contributed by atoms with E-state index in [4.69, 9.17) is 9.72 Å². The number of hydrogen-bond donors (Lipinski definition) is 1. The number of aryl methyl sites for hydroxylation is 1. The first-order chi connectivity index (χ1) is 16.3. The third-order valence-corrected chi connectivity index (χ3v) is 7.80. The number of amides is 1. The van der Waals surface area contributed by atoms with Crippen LogP contribution in [0.5, 0.6) is 5.75 Å². The van der Waals surface area contributed by atoms with Crippen molar-refractivity contribution < 1.29 is 17.9 Å². The van der Waals surface area contributed by atoms with Crippen LogP contribution in [-0.4, -0.2) is 47.7 Å². The van der Waals surface area contributed by atoms with Gasteiger partial charge in [0.2, 0.25) is 0 Å². The van der Waals surface area contributed by atoms with Gasteiger partial charge in [-0.2, -0.15) is 5.10 Å². The molecule has 0 bridgehead atoms. The molecule has 8 nitrogen and oxygen atoms in total. The van der Waals surface area contributed by atoms with Crippen LogP contribution in [0, 0.1) is 6.92 Å². The zero-order valence-electron chi connectivity index (χ0n) is 18.9. The molecular weight excluding hydrogens is 452 g/mol. The lowest BCUT2D eigenvalue weighted by Gasteiger charge is -2.12. The molecule has 0 saturated carbocycles. The molecule has 0 spiro atoms. The van der Waals surface area contributed by atoms with Crippen molar-refractivity contribution in [1.29, 1.82) is 0 Å². The lowest BCUT2D eigenvalue weighted by Crippen LogP contribution is -2.15. The molecule has 34 heavy (non-hydrogen) atoms. The quantitative estimate of drug-likeness (QED) is 0.467. The lowest BCUT2D eigenvalue weighted by molar-refractivity contribution is 0.102. The predicted molar refractivity (Wildman–Crippen MR) is 131 cm³/mol. The van der Waals surface area contributed by atoms with Crippen LogP contribution in [-0.2, 0) is 9.84 Å². The highest BCUT2D eigenvalue weighted by Gasteiger charge is 2.32. The van der Waals surface area contributed by atoms with Crippen molar-refractivity contribution in [3.05, 3.63) is 71.9 Å². The number of pyridine rings is 1. The SMILES string of the molecule is COc1ccc(-c2cc(C(=O)Nc3ccccc3)c3c(C)nn([C@H]4CCS(=O)(=O)C4)c3n2)cc1. The van der Waals surface area contributed by atoms with E-state index in [2.05, 4.69) is 10.4 Å². The van der Waals surface area contributed by atoms with Gasteiger partial charge in [-0.25, -0.2) is 18.1 Å². The number of hydrogen-bond acceptors (Lipinski definition) is 6. The van der Waals surface area contributed by atoms with E-state index in [1.807, 2.05) is 61.5 Å². The second kappa shape index (κ2) is 8.57. The maximum absolute atomic E-state index is 13.4. The number of ether oxygens (including phenoxy) is 1. The molecule has 1 N–H and O–H groups in total. The number of carbonyl (C=O) groups excluding carboxylic acids is 1. The fourth-order valence-corrected chi connectivity index (χ4v) is 6.04. The molecule has 0 unspecified atom stereocenters. The van der Waals surface area contributed by atoms with Gasteiger partial charge >= 0.3 is 0 Å². The Morgan fingerprint density at radius 1 is 1.12 bits per heavy atom. The van der Waals surface area contributed by atoms with Crippen LogP contribution in [0.25, 0.3) is 22.3 Å². The summed E-state index contributed by atoms with van der Waals surface area (Å²) in [5.74, 6) is 0.569. The maximum atomic E-state index is 13.4. The van der Waals surface area contributed by atoms with Crippen LogP contribution < -0.4 is 10.1 Å². The first-order valence-electron chi connectivity index (χ1n) is 11.0. The van der Waals surface area contributed by atoms with E-state index >= 15 is 0 Å². The topological polar surface area (TPSA) is 103 Å². The van der Waals surface area contributed by atoms with Crippen molar-refractivity contribution in [1.82, 2.24) is 14.8 Å². The average molecular weight is 477 g/mol. The van der Waals surface area contributed by atoms with Crippen molar-refractivity contribution in [2.24, 2.45) is 0 Å². The molecule has 174 valence electrons. The summed E-state index contributed by atoms with van der Waals surface area (Å²) < 4.78 is 31.2. The summed E-state index contributed by atoms with van der Waals surface area (Å²) in [7, 11) is -1.52. The molecule has 1 atom stereocenters. The Labute approximate surface area is 197 Å². The number of sulfone groups is 1. The summed E-state index contributed by atoms with van der Waals surface area (Å²) >= 11 is 0. The zero-order chi connectivity index (χ0) is 23.9. The third-order valence-electron chi connectivity index (χ3n) is 6.05. The highest BCUT2D eigenvalue weighted by molar-refractivity contribution is 7.91. The van der Waals surface area contributed by atoms with Gasteiger partial charge in [0.15, 0.2) is 15.5 Å². The Morgan fingerprint density at radius 2 is 1.85 bits per heavy atom. The minimum atomic E-state index is -3.12. The zero-order valence-corrected chi connectivity index (χ0v) is 19.7. The summed E-state index contributed by atoms with van der Waals surface area (Å²) in [4.78, 5) is 18.3. The van der Waals surface area contributed by atoms with E-state index in [-0.39, 0.29) is 23.5 Å². The van der Waals surface area contributed by atoms with Crippen molar-refractivity contribution in [2.75, 3.05) is 23.9 Å². The number of rotatable bonds is 5. The summed E-state index contributed by atoms with van der Waals surface area (Å²) in [6, 6.07) is 18.1. The number of carbonyl (C=O) groups is 1. The van der Waals surface area contributed by atoms with Crippen LogP contribution in [0.2, 0.25) is 0 Å². The van der Waals surface area contributed by atoms with Gasteiger partial charge in [0.25, 0.3) is 5.91 Å².